The van der Waals surface area contributed by atoms with Gasteiger partial charge in [-0.3, -0.25) is 9.69 Å². The van der Waals surface area contributed by atoms with Gasteiger partial charge in [0.15, 0.2) is 0 Å². The zero-order valence-corrected chi connectivity index (χ0v) is 27.4. The van der Waals surface area contributed by atoms with E-state index in [0.717, 1.165) is 49.1 Å². The molecule has 5 heterocycles. The smallest absolute Gasteiger partial charge is 0.319 e. The number of nitriles is 1. The molecular weight excluding hydrogens is 590 g/mol. The van der Waals surface area contributed by atoms with E-state index in [1.165, 1.54) is 17.4 Å². The molecular formula is C32H41N9O3S. The van der Waals surface area contributed by atoms with Crippen molar-refractivity contribution >= 4 is 28.1 Å². The van der Waals surface area contributed by atoms with Gasteiger partial charge in [0.05, 0.1) is 11.0 Å². The Bertz CT molecular complexity index is 1650. The maximum absolute atomic E-state index is 12.5. The normalized spacial score (nSPS) is 25.9. The Morgan fingerprint density at radius 3 is 2.78 bits per heavy atom. The summed E-state index contributed by atoms with van der Waals surface area (Å²) in [6.45, 7) is 14.0. The average Bonchev–Trinajstić information content (AvgIpc) is 3.77. The van der Waals surface area contributed by atoms with E-state index < -0.39 is 5.41 Å². The van der Waals surface area contributed by atoms with Gasteiger partial charge < -0.3 is 24.8 Å². The van der Waals surface area contributed by atoms with Gasteiger partial charge in [-0.15, -0.1) is 11.3 Å². The fraction of sp³-hybridized carbons (Fsp3) is 0.562. The standard InChI is InChI=1S/C32H41N9O3S/c1-7-26(42)41-15-14-40(18(2)19(41)3)25-16-22(35-31(36-25)43-20(4)23-10-9-13-39(23)6)29-37-30(44-38-29)32(5)12-8-11-24-27(32)21(17-33)28(34)45-24/h7,16,18-20,23H,1,8-15,34H2,2-6H3/t18?,19?,20-,23-,32-/m0/s1. The van der Waals surface area contributed by atoms with Crippen LogP contribution in [0, 0.1) is 11.3 Å². The molecule has 0 radical (unpaired) electrons. The molecule has 0 aromatic carbocycles. The number of carbonyl (C=O) groups excluding carboxylic acids is 1. The van der Waals surface area contributed by atoms with Crippen LogP contribution >= 0.6 is 11.3 Å². The second kappa shape index (κ2) is 12.1. The summed E-state index contributed by atoms with van der Waals surface area (Å²) in [5.74, 6) is 1.33. The predicted molar refractivity (Wildman–Crippen MR) is 172 cm³/mol. The largest absolute Gasteiger partial charge is 0.459 e. The number of likely N-dealkylation sites (N-methyl/N-ethyl adjacent to an activating group) is 1. The van der Waals surface area contributed by atoms with Gasteiger partial charge in [0, 0.05) is 47.7 Å². The summed E-state index contributed by atoms with van der Waals surface area (Å²) in [6.07, 6.45) is 5.95. The molecule has 3 aromatic rings. The monoisotopic (exact) mass is 631 g/mol. The van der Waals surface area contributed by atoms with Crippen molar-refractivity contribution in [3.63, 3.8) is 0 Å². The third kappa shape index (κ3) is 5.44. The number of amides is 1. The third-order valence-electron chi connectivity index (χ3n) is 10.00. The van der Waals surface area contributed by atoms with Crippen LogP contribution in [-0.4, -0.2) is 86.7 Å². The Hall–Kier alpha value is -4.02. The van der Waals surface area contributed by atoms with Crippen molar-refractivity contribution in [3.05, 3.63) is 40.6 Å². The number of rotatable bonds is 7. The van der Waals surface area contributed by atoms with Gasteiger partial charge in [0.2, 0.25) is 17.6 Å². The molecule has 45 heavy (non-hydrogen) atoms. The van der Waals surface area contributed by atoms with Gasteiger partial charge in [-0.05, 0) is 79.5 Å². The fourth-order valence-corrected chi connectivity index (χ4v) is 8.45. The van der Waals surface area contributed by atoms with E-state index in [4.69, 9.17) is 29.9 Å². The van der Waals surface area contributed by atoms with Gasteiger partial charge >= 0.3 is 6.01 Å². The lowest BCUT2D eigenvalue weighted by atomic mass is 9.72. The fourth-order valence-electron chi connectivity index (χ4n) is 7.26. The first kappa shape index (κ1) is 31.0. The molecule has 238 valence electrons. The van der Waals surface area contributed by atoms with Crippen LogP contribution in [0.15, 0.2) is 23.2 Å². The van der Waals surface area contributed by atoms with E-state index >= 15 is 0 Å². The molecule has 6 rings (SSSR count). The second-order valence-electron chi connectivity index (χ2n) is 12.7. The van der Waals surface area contributed by atoms with Crippen LogP contribution in [0.2, 0.25) is 0 Å². The summed E-state index contributed by atoms with van der Waals surface area (Å²) in [7, 11) is 2.12. The first-order valence-electron chi connectivity index (χ1n) is 15.7. The number of nitrogen functional groups attached to an aromatic ring is 1. The lowest BCUT2D eigenvalue weighted by Crippen LogP contribution is -2.59. The maximum Gasteiger partial charge on any atom is 0.319 e. The van der Waals surface area contributed by atoms with Gasteiger partial charge in [0.1, 0.15) is 28.7 Å². The Balaban J connectivity index is 1.37. The second-order valence-corrected chi connectivity index (χ2v) is 13.8. The van der Waals surface area contributed by atoms with E-state index in [2.05, 4.69) is 48.5 Å². The van der Waals surface area contributed by atoms with Crippen LogP contribution in [0.3, 0.4) is 0 Å². The molecule has 2 unspecified atom stereocenters. The molecule has 2 aliphatic heterocycles. The number of aromatic nitrogens is 4. The SMILES string of the molecule is C=CC(=O)N1CCN(c2cc(-c3noc([C@@]4(C)CCCc5sc(N)c(C#N)c54)n3)nc(O[C@@H](C)[C@@H]3CCCN3C)n2)C(C)C1C. The van der Waals surface area contributed by atoms with E-state index in [9.17, 15) is 10.1 Å². The highest BCUT2D eigenvalue weighted by Gasteiger charge is 2.43. The summed E-state index contributed by atoms with van der Waals surface area (Å²) in [4.78, 5) is 34.5. The predicted octanol–water partition coefficient (Wildman–Crippen LogP) is 4.16. The number of hydrogen-bond acceptors (Lipinski definition) is 12. The third-order valence-corrected chi connectivity index (χ3v) is 11.1. The Kier molecular flexibility index (Phi) is 8.30. The van der Waals surface area contributed by atoms with Crippen LogP contribution in [0.25, 0.3) is 11.5 Å². The maximum atomic E-state index is 12.5. The molecule has 5 atom stereocenters. The summed E-state index contributed by atoms with van der Waals surface area (Å²) in [5, 5.41) is 14.8. The lowest BCUT2D eigenvalue weighted by molar-refractivity contribution is -0.129. The molecule has 2 N–H and O–H groups in total. The number of thiophene rings is 1. The number of nitrogens with two attached hydrogens (primary N) is 1. The minimum absolute atomic E-state index is 0.0366. The zero-order chi connectivity index (χ0) is 32.0. The zero-order valence-electron chi connectivity index (χ0n) is 26.6. The van der Waals surface area contributed by atoms with Crippen molar-refractivity contribution < 1.29 is 14.1 Å². The molecule has 0 spiro atoms. The van der Waals surface area contributed by atoms with Crippen molar-refractivity contribution in [1.82, 2.24) is 29.9 Å². The van der Waals surface area contributed by atoms with Crippen molar-refractivity contribution in [2.75, 3.05) is 37.3 Å². The number of nitrogens with zero attached hydrogens (tertiary/aromatic N) is 8. The summed E-state index contributed by atoms with van der Waals surface area (Å²) in [6, 6.07) is 4.57. The van der Waals surface area contributed by atoms with Gasteiger partial charge in [0.25, 0.3) is 0 Å². The molecule has 2 saturated heterocycles. The molecule has 2 fully saturated rings. The number of aryl methyl sites for hydroxylation is 1. The number of ether oxygens (including phenoxy) is 1. The van der Waals surface area contributed by atoms with E-state index in [1.807, 2.05) is 24.8 Å². The number of carbonyl (C=O) groups is 1. The minimum atomic E-state index is -0.646. The lowest BCUT2D eigenvalue weighted by Gasteiger charge is -2.45. The van der Waals surface area contributed by atoms with Crippen LogP contribution in [0.5, 0.6) is 6.01 Å². The average molecular weight is 632 g/mol. The molecule has 1 amide bonds. The van der Waals surface area contributed by atoms with Crippen LogP contribution in [0.4, 0.5) is 10.8 Å². The minimum Gasteiger partial charge on any atom is -0.459 e. The first-order chi connectivity index (χ1) is 21.5. The van der Waals surface area contributed by atoms with Crippen LogP contribution < -0.4 is 15.4 Å². The number of piperazine rings is 1. The molecule has 13 heteroatoms. The van der Waals surface area contributed by atoms with Gasteiger partial charge in [-0.1, -0.05) is 11.7 Å². The van der Waals surface area contributed by atoms with Gasteiger partial charge in [-0.2, -0.15) is 20.2 Å². The highest BCUT2D eigenvalue weighted by atomic mass is 32.1. The highest BCUT2D eigenvalue weighted by Crippen LogP contribution is 2.48. The summed E-state index contributed by atoms with van der Waals surface area (Å²) >= 11 is 1.47. The summed E-state index contributed by atoms with van der Waals surface area (Å²) in [5.41, 5.74) is 7.47. The highest BCUT2D eigenvalue weighted by molar-refractivity contribution is 7.16. The van der Waals surface area contributed by atoms with E-state index in [0.29, 0.717) is 46.9 Å². The Morgan fingerprint density at radius 2 is 2.07 bits per heavy atom. The molecule has 0 saturated carbocycles. The number of anilines is 2. The molecule has 0 bridgehead atoms. The molecule has 3 aromatic heterocycles. The first-order valence-corrected chi connectivity index (χ1v) is 16.5. The Labute approximate surface area is 267 Å². The van der Waals surface area contributed by atoms with Crippen molar-refractivity contribution in [3.8, 4) is 23.6 Å². The molecule has 1 aliphatic carbocycles. The van der Waals surface area contributed by atoms with Crippen molar-refractivity contribution in [2.45, 2.75) is 89.4 Å². The van der Waals surface area contributed by atoms with E-state index in [1.54, 1.807) is 0 Å². The van der Waals surface area contributed by atoms with Crippen LogP contribution in [0.1, 0.15) is 75.3 Å². The van der Waals surface area contributed by atoms with Crippen molar-refractivity contribution in [2.24, 2.45) is 0 Å². The quantitative estimate of drug-likeness (QED) is 0.375. The van der Waals surface area contributed by atoms with E-state index in [-0.39, 0.29) is 36.1 Å². The number of hydrogen-bond donors (Lipinski definition) is 1. The topological polar surface area (TPSA) is 151 Å². The summed E-state index contributed by atoms with van der Waals surface area (Å²) < 4.78 is 12.4. The Morgan fingerprint density at radius 1 is 1.27 bits per heavy atom. The van der Waals surface area contributed by atoms with Crippen molar-refractivity contribution in [1.29, 1.82) is 5.26 Å². The van der Waals surface area contributed by atoms with Crippen LogP contribution in [-0.2, 0) is 16.6 Å². The molecule has 3 aliphatic rings. The molecule has 12 nitrogen and oxygen atoms in total. The number of fused-ring (bicyclic) bond motifs is 1. The van der Waals surface area contributed by atoms with Gasteiger partial charge in [-0.25, -0.2) is 0 Å². The number of likely N-dealkylation sites (tertiary alicyclic amines) is 1.